The average molecular weight is 417 g/mol. The molecule has 0 aromatic heterocycles. The third kappa shape index (κ3) is 4.45. The lowest BCUT2D eigenvalue weighted by Crippen LogP contribution is -2.30. The Hall–Kier alpha value is -4.00. The fourth-order valence-electron chi connectivity index (χ4n) is 3.38. The second kappa shape index (κ2) is 8.79. The Labute approximate surface area is 180 Å². The lowest BCUT2D eigenvalue weighted by molar-refractivity contribution is 0.0993. The van der Waals surface area contributed by atoms with E-state index < -0.39 is 0 Å². The number of anilines is 2. The van der Waals surface area contributed by atoms with Gasteiger partial charge in [0.25, 0.3) is 5.91 Å². The van der Waals surface area contributed by atoms with Crippen LogP contribution in [0, 0.1) is 0 Å². The summed E-state index contributed by atoms with van der Waals surface area (Å²) in [5.41, 5.74) is 2.68. The molecule has 0 fully saturated rings. The Bertz CT molecular complexity index is 1110. The Morgan fingerprint density at radius 1 is 1.03 bits per heavy atom. The van der Waals surface area contributed by atoms with Crippen LogP contribution in [0.15, 0.2) is 66.7 Å². The molecule has 0 saturated heterocycles. The van der Waals surface area contributed by atoms with E-state index in [1.807, 2.05) is 48.5 Å². The van der Waals surface area contributed by atoms with Crippen molar-refractivity contribution in [1.82, 2.24) is 5.32 Å². The molecule has 3 amide bonds. The van der Waals surface area contributed by atoms with Crippen molar-refractivity contribution < 1.29 is 19.1 Å². The number of para-hydroxylation sites is 2. The molecule has 1 aliphatic heterocycles. The monoisotopic (exact) mass is 417 g/mol. The minimum absolute atomic E-state index is 0.205. The first-order valence-corrected chi connectivity index (χ1v) is 9.92. The molecule has 0 unspecified atom stereocenters. The van der Waals surface area contributed by atoms with Gasteiger partial charge >= 0.3 is 6.03 Å². The highest BCUT2D eigenvalue weighted by Gasteiger charge is 2.25. The number of ether oxygens (including phenoxy) is 2. The summed E-state index contributed by atoms with van der Waals surface area (Å²) in [6.45, 7) is 0.475. The number of hydrogen-bond donors (Lipinski definition) is 2. The molecule has 158 valence electrons. The van der Waals surface area contributed by atoms with Crippen LogP contribution < -0.4 is 25.0 Å². The van der Waals surface area contributed by atoms with Crippen LogP contribution in [-0.2, 0) is 6.42 Å². The topological polar surface area (TPSA) is 79.9 Å². The van der Waals surface area contributed by atoms with E-state index in [0.717, 1.165) is 11.3 Å². The number of carbonyl (C=O) groups excluding carboxylic acids is 2. The average Bonchev–Trinajstić information content (AvgIpc) is 2.89. The van der Waals surface area contributed by atoms with Gasteiger partial charge in [-0.2, -0.15) is 0 Å². The van der Waals surface area contributed by atoms with Gasteiger partial charge in [-0.15, -0.1) is 0 Å². The van der Waals surface area contributed by atoms with E-state index in [1.165, 1.54) is 0 Å². The van der Waals surface area contributed by atoms with Crippen molar-refractivity contribution in [2.75, 3.05) is 30.9 Å². The van der Waals surface area contributed by atoms with Crippen molar-refractivity contribution >= 4 is 23.3 Å². The molecule has 0 spiro atoms. The number of amides is 3. The van der Waals surface area contributed by atoms with Crippen LogP contribution in [0.4, 0.5) is 16.2 Å². The zero-order valence-electron chi connectivity index (χ0n) is 17.3. The molecular weight excluding hydrogens is 394 g/mol. The predicted octanol–water partition coefficient (Wildman–Crippen LogP) is 4.44. The second-order valence-electron chi connectivity index (χ2n) is 7.12. The van der Waals surface area contributed by atoms with Gasteiger partial charge in [-0.05, 0) is 54.4 Å². The summed E-state index contributed by atoms with van der Waals surface area (Å²) in [4.78, 5) is 26.8. The maximum atomic E-state index is 12.9. The van der Waals surface area contributed by atoms with Crippen LogP contribution in [0.3, 0.4) is 0 Å². The van der Waals surface area contributed by atoms with Crippen molar-refractivity contribution in [3.05, 3.63) is 77.9 Å². The largest absolute Gasteiger partial charge is 0.497 e. The lowest BCUT2D eigenvalue weighted by atomic mass is 10.1. The number of nitrogens with one attached hydrogen (secondary N) is 2. The van der Waals surface area contributed by atoms with Gasteiger partial charge in [-0.25, -0.2) is 4.79 Å². The predicted molar refractivity (Wildman–Crippen MR) is 119 cm³/mol. The smallest absolute Gasteiger partial charge is 0.319 e. The molecule has 7 heteroatoms. The van der Waals surface area contributed by atoms with Crippen LogP contribution in [0.25, 0.3) is 0 Å². The molecule has 2 N–H and O–H groups in total. The third-order valence-corrected chi connectivity index (χ3v) is 5.08. The minimum atomic E-state index is -0.341. The van der Waals surface area contributed by atoms with Crippen molar-refractivity contribution in [3.63, 3.8) is 0 Å². The van der Waals surface area contributed by atoms with E-state index in [4.69, 9.17) is 9.47 Å². The van der Waals surface area contributed by atoms with E-state index in [-0.39, 0.29) is 11.9 Å². The van der Waals surface area contributed by atoms with Crippen LogP contribution in [-0.4, -0.2) is 32.6 Å². The summed E-state index contributed by atoms with van der Waals surface area (Å²) in [6, 6.07) is 19.7. The Balaban J connectivity index is 1.40. The van der Waals surface area contributed by atoms with Crippen molar-refractivity contribution in [1.29, 1.82) is 0 Å². The van der Waals surface area contributed by atoms with Crippen LogP contribution in [0.1, 0.15) is 15.9 Å². The van der Waals surface area contributed by atoms with Gasteiger partial charge in [0.2, 0.25) is 0 Å². The minimum Gasteiger partial charge on any atom is -0.497 e. The van der Waals surface area contributed by atoms with Crippen molar-refractivity contribution in [3.8, 4) is 17.2 Å². The van der Waals surface area contributed by atoms with E-state index in [0.29, 0.717) is 41.4 Å². The van der Waals surface area contributed by atoms with Crippen LogP contribution in [0.5, 0.6) is 17.2 Å². The molecule has 7 nitrogen and oxygen atoms in total. The summed E-state index contributed by atoms with van der Waals surface area (Å²) < 4.78 is 11.1. The quantitative estimate of drug-likeness (QED) is 0.643. The number of methoxy groups -OCH3 is 1. The molecule has 1 heterocycles. The Morgan fingerprint density at radius 3 is 2.58 bits per heavy atom. The summed E-state index contributed by atoms with van der Waals surface area (Å²) in [5.74, 6) is 1.65. The first-order valence-electron chi connectivity index (χ1n) is 9.92. The Kier molecular flexibility index (Phi) is 5.75. The summed E-state index contributed by atoms with van der Waals surface area (Å²) in [7, 11) is 3.32. The molecule has 0 atom stereocenters. The van der Waals surface area contributed by atoms with Gasteiger partial charge in [0.15, 0.2) is 5.75 Å². The van der Waals surface area contributed by atoms with Crippen LogP contribution in [0.2, 0.25) is 0 Å². The summed E-state index contributed by atoms with van der Waals surface area (Å²) in [6.07, 6.45) is 0.691. The molecule has 0 bridgehead atoms. The lowest BCUT2D eigenvalue weighted by Gasteiger charge is -2.16. The molecule has 0 radical (unpaired) electrons. The number of hydrogen-bond acceptors (Lipinski definition) is 4. The number of carbonyl (C=O) groups is 2. The molecule has 3 aromatic carbocycles. The number of urea groups is 1. The van der Waals surface area contributed by atoms with Gasteiger partial charge in [0, 0.05) is 19.3 Å². The summed E-state index contributed by atoms with van der Waals surface area (Å²) in [5, 5.41) is 5.60. The first kappa shape index (κ1) is 20.3. The molecule has 4 rings (SSSR count). The van der Waals surface area contributed by atoms with Gasteiger partial charge < -0.3 is 25.0 Å². The highest BCUT2D eigenvalue weighted by atomic mass is 16.5. The number of rotatable bonds is 5. The summed E-state index contributed by atoms with van der Waals surface area (Å²) >= 11 is 0. The van der Waals surface area contributed by atoms with E-state index in [9.17, 15) is 9.59 Å². The normalized spacial score (nSPS) is 12.2. The van der Waals surface area contributed by atoms with Crippen LogP contribution >= 0.6 is 0 Å². The molecule has 0 saturated carbocycles. The molecule has 3 aromatic rings. The van der Waals surface area contributed by atoms with E-state index in [2.05, 4.69) is 10.6 Å². The van der Waals surface area contributed by atoms with Crippen molar-refractivity contribution in [2.24, 2.45) is 0 Å². The van der Waals surface area contributed by atoms with Gasteiger partial charge in [0.05, 0.1) is 18.4 Å². The highest BCUT2D eigenvalue weighted by molar-refractivity contribution is 6.10. The first-order chi connectivity index (χ1) is 15.0. The molecule has 31 heavy (non-hydrogen) atoms. The second-order valence-corrected chi connectivity index (χ2v) is 7.12. The SMILES string of the molecule is COc1ccc(CCNC(=O)Nc2ccc3c(c2)C(=O)N(C)c2ccccc2O3)cc1. The third-order valence-electron chi connectivity index (χ3n) is 5.08. The Morgan fingerprint density at radius 2 is 1.81 bits per heavy atom. The van der Waals surface area contributed by atoms with Gasteiger partial charge in [-0.3, -0.25) is 4.79 Å². The maximum Gasteiger partial charge on any atom is 0.319 e. The van der Waals surface area contributed by atoms with E-state index >= 15 is 0 Å². The fraction of sp³-hybridized carbons (Fsp3) is 0.167. The zero-order chi connectivity index (χ0) is 21.8. The van der Waals surface area contributed by atoms with Gasteiger partial charge in [-0.1, -0.05) is 24.3 Å². The number of fused-ring (bicyclic) bond motifs is 2. The molecule has 1 aliphatic rings. The number of nitrogens with zero attached hydrogens (tertiary/aromatic N) is 1. The van der Waals surface area contributed by atoms with Gasteiger partial charge in [0.1, 0.15) is 11.5 Å². The van der Waals surface area contributed by atoms with Crippen molar-refractivity contribution in [2.45, 2.75) is 6.42 Å². The molecule has 0 aliphatic carbocycles. The number of benzene rings is 3. The zero-order valence-corrected chi connectivity index (χ0v) is 17.3. The fourth-order valence-corrected chi connectivity index (χ4v) is 3.38. The highest BCUT2D eigenvalue weighted by Crippen LogP contribution is 2.38. The standard InChI is InChI=1S/C24H23N3O4/c1-27-20-5-3-4-6-22(20)31-21-12-9-17(15-19(21)23(27)28)26-24(29)25-14-13-16-7-10-18(30-2)11-8-16/h3-12,15H,13-14H2,1-2H3,(H2,25,26,29). The molecular formula is C24H23N3O4. The maximum absolute atomic E-state index is 12.9. The van der Waals surface area contributed by atoms with E-state index in [1.54, 1.807) is 37.3 Å².